The molecule has 0 saturated carbocycles. The van der Waals surface area contributed by atoms with Crippen molar-refractivity contribution in [2.45, 2.75) is 0 Å². The lowest BCUT2D eigenvalue weighted by Gasteiger charge is -2.12. The lowest BCUT2D eigenvalue weighted by Crippen LogP contribution is -1.94. The molecule has 0 amide bonds. The van der Waals surface area contributed by atoms with Crippen LogP contribution in [0.4, 0.5) is 0 Å². The van der Waals surface area contributed by atoms with Gasteiger partial charge in [-0.25, -0.2) is 0 Å². The number of para-hydroxylation sites is 1. The standard InChI is InChI=1S/C31H18N2S/c1-2-8-23-22(7-1)28-25-10-4-6-12-27(25)34-31(28)29-24-9-3-5-11-26(24)33(30(23)29)21-14-13-20-18-32-16-15-19(20)17-21/h1-18H. The Morgan fingerprint density at radius 1 is 0.618 bits per heavy atom. The Bertz CT molecular complexity index is 2080. The van der Waals surface area contributed by atoms with Crippen molar-refractivity contribution in [2.75, 3.05) is 0 Å². The third-order valence-corrected chi connectivity index (χ3v) is 8.22. The molecular weight excluding hydrogens is 432 g/mol. The number of pyridine rings is 1. The highest BCUT2D eigenvalue weighted by Crippen LogP contribution is 2.47. The third kappa shape index (κ3) is 2.32. The number of fused-ring (bicyclic) bond motifs is 11. The van der Waals surface area contributed by atoms with Crippen molar-refractivity contribution < 1.29 is 0 Å². The quantitative estimate of drug-likeness (QED) is 0.244. The van der Waals surface area contributed by atoms with Crippen LogP contribution in [-0.4, -0.2) is 9.55 Å². The summed E-state index contributed by atoms with van der Waals surface area (Å²) in [7, 11) is 0. The second-order valence-corrected chi connectivity index (χ2v) is 9.88. The summed E-state index contributed by atoms with van der Waals surface area (Å²) >= 11 is 1.91. The number of nitrogens with zero attached hydrogens (tertiary/aromatic N) is 2. The van der Waals surface area contributed by atoms with Gasteiger partial charge in [-0.1, -0.05) is 66.7 Å². The minimum atomic E-state index is 1.16. The van der Waals surface area contributed by atoms with E-state index in [1.54, 1.807) is 0 Å². The Hall–Kier alpha value is -4.21. The van der Waals surface area contributed by atoms with Gasteiger partial charge in [-0.3, -0.25) is 4.98 Å². The summed E-state index contributed by atoms with van der Waals surface area (Å²) in [6.07, 6.45) is 3.80. The Morgan fingerprint density at radius 3 is 2.29 bits per heavy atom. The Balaban J connectivity index is 1.68. The normalized spacial score (nSPS) is 12.1. The van der Waals surface area contributed by atoms with Crippen molar-refractivity contribution in [1.82, 2.24) is 9.55 Å². The summed E-state index contributed by atoms with van der Waals surface area (Å²) in [5, 5.41) is 10.3. The molecule has 0 N–H and O–H groups in total. The van der Waals surface area contributed by atoms with Gasteiger partial charge in [0, 0.05) is 59.8 Å². The minimum absolute atomic E-state index is 1.16. The summed E-state index contributed by atoms with van der Waals surface area (Å²) in [5.41, 5.74) is 3.70. The Morgan fingerprint density at radius 2 is 1.38 bits per heavy atom. The molecule has 0 aliphatic rings. The molecule has 0 spiro atoms. The van der Waals surface area contributed by atoms with E-state index in [-0.39, 0.29) is 0 Å². The first-order valence-electron chi connectivity index (χ1n) is 11.5. The molecule has 8 aromatic rings. The average molecular weight is 451 g/mol. The van der Waals surface area contributed by atoms with E-state index in [0.29, 0.717) is 0 Å². The third-order valence-electron chi connectivity index (χ3n) is 7.03. The molecule has 0 fully saturated rings. The van der Waals surface area contributed by atoms with Gasteiger partial charge in [-0.05, 0) is 41.1 Å². The monoisotopic (exact) mass is 450 g/mol. The van der Waals surface area contributed by atoms with Gasteiger partial charge in [0.05, 0.1) is 11.0 Å². The van der Waals surface area contributed by atoms with Gasteiger partial charge in [0.15, 0.2) is 0 Å². The predicted molar refractivity (Wildman–Crippen MR) is 146 cm³/mol. The lowest BCUT2D eigenvalue weighted by atomic mass is 9.99. The van der Waals surface area contributed by atoms with E-state index < -0.39 is 0 Å². The first-order chi connectivity index (χ1) is 16.9. The van der Waals surface area contributed by atoms with Crippen LogP contribution in [0.5, 0.6) is 0 Å². The molecule has 158 valence electrons. The highest BCUT2D eigenvalue weighted by molar-refractivity contribution is 7.27. The maximum Gasteiger partial charge on any atom is 0.0634 e. The predicted octanol–water partition coefficient (Wildman–Crippen LogP) is 8.85. The zero-order valence-corrected chi connectivity index (χ0v) is 19.0. The lowest BCUT2D eigenvalue weighted by molar-refractivity contribution is 1.19. The van der Waals surface area contributed by atoms with Crippen LogP contribution in [-0.2, 0) is 0 Å². The zero-order chi connectivity index (χ0) is 22.2. The topological polar surface area (TPSA) is 17.8 Å². The molecule has 2 nitrogen and oxygen atoms in total. The summed E-state index contributed by atoms with van der Waals surface area (Å²) in [6, 6.07) is 35.3. The van der Waals surface area contributed by atoms with Gasteiger partial charge in [-0.15, -0.1) is 11.3 Å². The number of benzene rings is 5. The van der Waals surface area contributed by atoms with Crippen molar-refractivity contribution in [1.29, 1.82) is 0 Å². The average Bonchev–Trinajstić information content (AvgIpc) is 3.45. The largest absolute Gasteiger partial charge is 0.309 e. The molecular formula is C31H18N2S. The second-order valence-electron chi connectivity index (χ2n) is 8.83. The van der Waals surface area contributed by atoms with Crippen LogP contribution < -0.4 is 0 Å². The number of aromatic nitrogens is 2. The maximum absolute atomic E-state index is 4.30. The molecule has 0 aliphatic heterocycles. The van der Waals surface area contributed by atoms with Crippen LogP contribution in [0.2, 0.25) is 0 Å². The second kappa shape index (κ2) is 6.66. The molecule has 0 unspecified atom stereocenters. The molecule has 3 heterocycles. The molecule has 3 heteroatoms. The molecule has 3 aromatic heterocycles. The first kappa shape index (κ1) is 18.2. The van der Waals surface area contributed by atoms with Crippen LogP contribution in [0, 0.1) is 0 Å². The van der Waals surface area contributed by atoms with E-state index in [4.69, 9.17) is 0 Å². The first-order valence-corrected chi connectivity index (χ1v) is 12.3. The number of hydrogen-bond acceptors (Lipinski definition) is 2. The van der Waals surface area contributed by atoms with Gasteiger partial charge in [0.1, 0.15) is 0 Å². The van der Waals surface area contributed by atoms with Crippen LogP contribution in [0.1, 0.15) is 0 Å². The van der Waals surface area contributed by atoms with Gasteiger partial charge in [-0.2, -0.15) is 0 Å². The van der Waals surface area contributed by atoms with E-state index in [1.165, 1.54) is 63.8 Å². The fourth-order valence-corrected chi connectivity index (χ4v) is 6.88. The van der Waals surface area contributed by atoms with E-state index in [2.05, 4.69) is 107 Å². The van der Waals surface area contributed by atoms with Gasteiger partial charge in [0.25, 0.3) is 0 Å². The number of rotatable bonds is 1. The summed E-state index contributed by atoms with van der Waals surface area (Å²) in [6.45, 7) is 0. The smallest absolute Gasteiger partial charge is 0.0634 e. The van der Waals surface area contributed by atoms with E-state index in [0.717, 1.165) is 5.39 Å². The van der Waals surface area contributed by atoms with Gasteiger partial charge < -0.3 is 4.57 Å². The van der Waals surface area contributed by atoms with Crippen LogP contribution in [0.25, 0.3) is 69.2 Å². The van der Waals surface area contributed by atoms with Crippen LogP contribution in [0.3, 0.4) is 0 Å². The summed E-state index contributed by atoms with van der Waals surface area (Å²) in [5.74, 6) is 0. The highest BCUT2D eigenvalue weighted by atomic mass is 32.1. The Labute approximate surface area is 199 Å². The van der Waals surface area contributed by atoms with Gasteiger partial charge >= 0.3 is 0 Å². The maximum atomic E-state index is 4.30. The van der Waals surface area contributed by atoms with Crippen molar-refractivity contribution in [2.24, 2.45) is 0 Å². The molecule has 34 heavy (non-hydrogen) atoms. The van der Waals surface area contributed by atoms with E-state index in [9.17, 15) is 0 Å². The molecule has 5 aromatic carbocycles. The highest BCUT2D eigenvalue weighted by Gasteiger charge is 2.21. The van der Waals surface area contributed by atoms with Gasteiger partial charge in [0.2, 0.25) is 0 Å². The SMILES string of the molecule is c1ccc2c(c1)sc1c2c2ccccc2c2c1c1ccccc1n2-c1ccc2cnccc2c1. The molecule has 0 radical (unpaired) electrons. The summed E-state index contributed by atoms with van der Waals surface area (Å²) < 4.78 is 5.16. The zero-order valence-electron chi connectivity index (χ0n) is 18.2. The van der Waals surface area contributed by atoms with Crippen molar-refractivity contribution in [3.8, 4) is 5.69 Å². The number of hydrogen-bond donors (Lipinski definition) is 0. The Kier molecular flexibility index (Phi) is 3.57. The van der Waals surface area contributed by atoms with Crippen molar-refractivity contribution >= 4 is 74.9 Å². The fourth-order valence-electron chi connectivity index (χ4n) is 5.60. The van der Waals surface area contributed by atoms with E-state index >= 15 is 0 Å². The van der Waals surface area contributed by atoms with Crippen molar-refractivity contribution in [3.63, 3.8) is 0 Å². The number of thiophene rings is 1. The molecule has 0 saturated heterocycles. The van der Waals surface area contributed by atoms with Crippen LogP contribution in [0.15, 0.2) is 109 Å². The molecule has 0 bridgehead atoms. The van der Waals surface area contributed by atoms with Crippen molar-refractivity contribution in [3.05, 3.63) is 109 Å². The van der Waals surface area contributed by atoms with E-state index in [1.807, 2.05) is 23.7 Å². The molecule has 0 atom stereocenters. The molecule has 0 aliphatic carbocycles. The molecule has 8 rings (SSSR count). The summed E-state index contributed by atoms with van der Waals surface area (Å²) in [4.78, 5) is 4.30. The van der Waals surface area contributed by atoms with Crippen LogP contribution >= 0.6 is 11.3 Å². The minimum Gasteiger partial charge on any atom is -0.309 e. The fraction of sp³-hybridized carbons (Fsp3) is 0.